The molecule has 8 heteroatoms. The number of hydrazine groups is 1. The van der Waals surface area contributed by atoms with Gasteiger partial charge in [0, 0.05) is 7.05 Å². The van der Waals surface area contributed by atoms with E-state index in [0.717, 1.165) is 0 Å². The molecule has 0 unspecified atom stereocenters. The van der Waals surface area contributed by atoms with Crippen molar-refractivity contribution in [3.05, 3.63) is 12.7 Å². The van der Waals surface area contributed by atoms with Gasteiger partial charge in [0.25, 0.3) is 0 Å². The lowest BCUT2D eigenvalue weighted by Crippen LogP contribution is -2.37. The Morgan fingerprint density at radius 2 is 2.11 bits per heavy atom. The number of rotatable bonds is 2. The van der Waals surface area contributed by atoms with E-state index in [2.05, 4.69) is 25.4 Å². The molecule has 2 aromatic heterocycles. The number of fused-ring (bicyclic) bond motifs is 1. The molecule has 8 nitrogen and oxygen atoms in total. The maximum atomic E-state index is 11.8. The van der Waals surface area contributed by atoms with Gasteiger partial charge in [-0.15, -0.1) is 0 Å². The Hall–Kier alpha value is -2.38. The molecule has 0 aliphatic rings. The first-order valence-electron chi connectivity index (χ1n) is 5.74. The normalized spacial score (nSPS) is 11.4. The average molecular weight is 264 g/mol. The monoisotopic (exact) mass is 264 g/mol. The van der Waals surface area contributed by atoms with Gasteiger partial charge in [-0.05, 0) is 20.8 Å². The predicted octanol–water partition coefficient (Wildman–Crippen LogP) is 1.55. The molecule has 0 saturated heterocycles. The second-order valence-electron chi connectivity index (χ2n) is 4.97. The number of amides is 1. The van der Waals surface area contributed by atoms with Crippen LogP contribution in [0.15, 0.2) is 12.7 Å². The summed E-state index contributed by atoms with van der Waals surface area (Å²) in [6, 6.07) is 0. The first kappa shape index (κ1) is 13.1. The molecule has 0 fully saturated rings. The van der Waals surface area contributed by atoms with E-state index >= 15 is 0 Å². The van der Waals surface area contributed by atoms with E-state index in [4.69, 9.17) is 4.74 Å². The van der Waals surface area contributed by atoms with Gasteiger partial charge in [-0.1, -0.05) is 0 Å². The highest BCUT2D eigenvalue weighted by molar-refractivity contribution is 5.83. The summed E-state index contributed by atoms with van der Waals surface area (Å²) in [5.41, 5.74) is 3.42. The Kier molecular flexibility index (Phi) is 3.24. The number of ether oxygens (including phenoxy) is 1. The number of carbonyl (C=O) groups excluding carboxylic acids is 1. The molecule has 0 aliphatic heterocycles. The number of nitrogens with one attached hydrogen (secondary N) is 2. The Bertz CT molecular complexity index is 588. The van der Waals surface area contributed by atoms with E-state index in [1.54, 1.807) is 27.8 Å². The average Bonchev–Trinajstić information content (AvgIpc) is 2.75. The van der Waals surface area contributed by atoms with Gasteiger partial charge in [-0.2, -0.15) is 0 Å². The molecule has 0 atom stereocenters. The lowest BCUT2D eigenvalue weighted by Gasteiger charge is -2.25. The molecular formula is C11H16N6O2. The van der Waals surface area contributed by atoms with Crippen LogP contribution < -0.4 is 5.43 Å². The summed E-state index contributed by atoms with van der Waals surface area (Å²) in [4.78, 5) is 26.8. The summed E-state index contributed by atoms with van der Waals surface area (Å²) in [7, 11) is 1.55. The summed E-state index contributed by atoms with van der Waals surface area (Å²) in [6.07, 6.45) is 2.38. The van der Waals surface area contributed by atoms with Crippen LogP contribution in [0.1, 0.15) is 20.8 Å². The van der Waals surface area contributed by atoms with Crippen LogP contribution in [0.25, 0.3) is 11.2 Å². The van der Waals surface area contributed by atoms with Crippen molar-refractivity contribution in [2.75, 3.05) is 12.5 Å². The molecule has 2 rings (SSSR count). The second kappa shape index (κ2) is 4.71. The molecule has 0 spiro atoms. The molecular weight excluding hydrogens is 248 g/mol. The van der Waals surface area contributed by atoms with Gasteiger partial charge in [0.05, 0.1) is 6.33 Å². The fourth-order valence-electron chi connectivity index (χ4n) is 1.38. The minimum absolute atomic E-state index is 0.454. The van der Waals surface area contributed by atoms with Crippen LogP contribution in [0.3, 0.4) is 0 Å². The van der Waals surface area contributed by atoms with Gasteiger partial charge in [0.15, 0.2) is 11.5 Å². The molecule has 0 aliphatic carbocycles. The molecule has 0 aromatic carbocycles. The van der Waals surface area contributed by atoms with E-state index in [-0.39, 0.29) is 0 Å². The summed E-state index contributed by atoms with van der Waals surface area (Å²) >= 11 is 0. The van der Waals surface area contributed by atoms with Crippen molar-refractivity contribution in [3.8, 4) is 0 Å². The van der Waals surface area contributed by atoms with Crippen molar-refractivity contribution < 1.29 is 9.53 Å². The van der Waals surface area contributed by atoms with Crippen molar-refractivity contribution >= 4 is 23.1 Å². The first-order chi connectivity index (χ1) is 8.87. The number of hydrogen-bond donors (Lipinski definition) is 2. The fourth-order valence-corrected chi connectivity index (χ4v) is 1.38. The summed E-state index contributed by atoms with van der Waals surface area (Å²) < 4.78 is 5.22. The van der Waals surface area contributed by atoms with Gasteiger partial charge in [0.1, 0.15) is 17.4 Å². The number of aromatic amines is 1. The van der Waals surface area contributed by atoms with Crippen LogP contribution in [0.4, 0.5) is 10.6 Å². The number of imidazole rings is 1. The van der Waals surface area contributed by atoms with Crippen molar-refractivity contribution in [2.45, 2.75) is 26.4 Å². The molecule has 2 N–H and O–H groups in total. The highest BCUT2D eigenvalue weighted by Gasteiger charge is 2.20. The van der Waals surface area contributed by atoms with E-state index in [1.165, 1.54) is 17.7 Å². The van der Waals surface area contributed by atoms with Gasteiger partial charge < -0.3 is 9.72 Å². The van der Waals surface area contributed by atoms with Crippen LogP contribution in [0.2, 0.25) is 0 Å². The van der Waals surface area contributed by atoms with Gasteiger partial charge in [-0.25, -0.2) is 24.8 Å². The number of nitrogens with zero attached hydrogens (tertiary/aromatic N) is 4. The Labute approximate surface area is 110 Å². The standard InChI is InChI=1S/C11H16N6O2/c1-11(2,3)19-10(18)17(4)16-9-7-8(13-5-12-7)14-6-15-9/h5-6H,1-4H3,(H2,12,13,14,15,16). The van der Waals surface area contributed by atoms with Crippen LogP contribution in [-0.2, 0) is 4.74 Å². The van der Waals surface area contributed by atoms with E-state index < -0.39 is 11.7 Å². The SMILES string of the molecule is CN(Nc1ncnc2nc[nH]c12)C(=O)OC(C)(C)C. The van der Waals surface area contributed by atoms with Crippen LogP contribution in [0.5, 0.6) is 0 Å². The van der Waals surface area contributed by atoms with E-state index in [0.29, 0.717) is 17.0 Å². The first-order valence-corrected chi connectivity index (χ1v) is 5.74. The summed E-state index contributed by atoms with van der Waals surface area (Å²) in [6.45, 7) is 5.41. The maximum absolute atomic E-state index is 11.8. The minimum Gasteiger partial charge on any atom is -0.442 e. The largest absolute Gasteiger partial charge is 0.442 e. The number of anilines is 1. The van der Waals surface area contributed by atoms with Crippen LogP contribution >= 0.6 is 0 Å². The Balaban J connectivity index is 2.12. The number of hydrogen-bond acceptors (Lipinski definition) is 6. The highest BCUT2D eigenvalue weighted by Crippen LogP contribution is 2.16. The lowest BCUT2D eigenvalue weighted by atomic mass is 10.2. The number of aromatic nitrogens is 4. The molecule has 2 heterocycles. The topological polar surface area (TPSA) is 96.0 Å². The molecule has 0 saturated carbocycles. The van der Waals surface area contributed by atoms with Gasteiger partial charge in [0.2, 0.25) is 0 Å². The molecule has 2 aromatic rings. The zero-order valence-electron chi connectivity index (χ0n) is 11.3. The third kappa shape index (κ3) is 3.09. The molecule has 19 heavy (non-hydrogen) atoms. The molecule has 102 valence electrons. The lowest BCUT2D eigenvalue weighted by molar-refractivity contribution is 0.0338. The van der Waals surface area contributed by atoms with Gasteiger partial charge in [-0.3, -0.25) is 5.43 Å². The molecule has 0 radical (unpaired) electrons. The molecule has 0 bridgehead atoms. The number of carbonyl (C=O) groups is 1. The summed E-state index contributed by atoms with van der Waals surface area (Å²) in [5, 5.41) is 1.22. The second-order valence-corrected chi connectivity index (χ2v) is 4.97. The third-order valence-electron chi connectivity index (χ3n) is 2.16. The van der Waals surface area contributed by atoms with E-state index in [9.17, 15) is 4.79 Å². The van der Waals surface area contributed by atoms with Crippen molar-refractivity contribution in [3.63, 3.8) is 0 Å². The number of H-pyrrole nitrogens is 1. The quantitative estimate of drug-likeness (QED) is 0.799. The van der Waals surface area contributed by atoms with Crippen molar-refractivity contribution in [1.29, 1.82) is 0 Å². The van der Waals surface area contributed by atoms with Crippen molar-refractivity contribution in [2.24, 2.45) is 0 Å². The fraction of sp³-hybridized carbons (Fsp3) is 0.455. The Morgan fingerprint density at radius 3 is 2.79 bits per heavy atom. The zero-order chi connectivity index (χ0) is 14.0. The third-order valence-corrected chi connectivity index (χ3v) is 2.16. The van der Waals surface area contributed by atoms with Crippen LogP contribution in [0, 0.1) is 0 Å². The Morgan fingerprint density at radius 1 is 1.37 bits per heavy atom. The molecule has 1 amide bonds. The van der Waals surface area contributed by atoms with Crippen LogP contribution in [-0.4, -0.2) is 43.7 Å². The highest BCUT2D eigenvalue weighted by atomic mass is 16.6. The minimum atomic E-state index is -0.554. The smallest absolute Gasteiger partial charge is 0.428 e. The summed E-state index contributed by atoms with van der Waals surface area (Å²) in [5.74, 6) is 0.454. The van der Waals surface area contributed by atoms with Crippen molar-refractivity contribution in [1.82, 2.24) is 24.9 Å². The predicted molar refractivity (Wildman–Crippen MR) is 69.3 cm³/mol. The van der Waals surface area contributed by atoms with E-state index in [1.807, 2.05) is 0 Å². The van der Waals surface area contributed by atoms with Gasteiger partial charge >= 0.3 is 6.09 Å². The maximum Gasteiger partial charge on any atom is 0.428 e. The zero-order valence-corrected chi connectivity index (χ0v) is 11.3.